The number of carbonyl (C=O) groups excluding carboxylic acids is 2. The van der Waals surface area contributed by atoms with Gasteiger partial charge in [-0.05, 0) is 30.4 Å². The summed E-state index contributed by atoms with van der Waals surface area (Å²) < 4.78 is 0. The first-order chi connectivity index (χ1) is 13.3. The summed E-state index contributed by atoms with van der Waals surface area (Å²) in [5.74, 6) is 0. The van der Waals surface area contributed by atoms with Crippen LogP contribution in [0.25, 0.3) is 0 Å². The number of hydrazine groups is 1. The van der Waals surface area contributed by atoms with Gasteiger partial charge in [0.1, 0.15) is 6.29 Å². The van der Waals surface area contributed by atoms with E-state index in [1.165, 1.54) is 6.42 Å². The Morgan fingerprint density at radius 1 is 0.963 bits per heavy atom. The summed E-state index contributed by atoms with van der Waals surface area (Å²) in [6.45, 7) is 2.24. The number of benzene rings is 2. The number of rotatable bonds is 7. The Kier molecular flexibility index (Phi) is 6.99. The lowest BCUT2D eigenvalue weighted by atomic mass is 10.1. The second-order valence-corrected chi connectivity index (χ2v) is 6.94. The fraction of sp³-hybridized carbons (Fsp3) is 0.364. The van der Waals surface area contributed by atoms with Gasteiger partial charge in [0.15, 0.2) is 0 Å². The fourth-order valence-electron chi connectivity index (χ4n) is 3.41. The van der Waals surface area contributed by atoms with Crippen LogP contribution in [0.2, 0.25) is 0 Å². The molecule has 2 aromatic rings. The zero-order chi connectivity index (χ0) is 18.9. The van der Waals surface area contributed by atoms with E-state index in [1.807, 2.05) is 60.7 Å². The predicted molar refractivity (Wildman–Crippen MR) is 106 cm³/mol. The minimum atomic E-state index is -0.539. The van der Waals surface area contributed by atoms with E-state index in [4.69, 9.17) is 0 Å². The zero-order valence-electron chi connectivity index (χ0n) is 15.6. The minimum absolute atomic E-state index is 0.214. The van der Waals surface area contributed by atoms with Crippen LogP contribution >= 0.6 is 0 Å². The van der Waals surface area contributed by atoms with Gasteiger partial charge in [-0.1, -0.05) is 67.1 Å². The summed E-state index contributed by atoms with van der Waals surface area (Å²) in [6, 6.07) is 19.0. The molecule has 5 heteroatoms. The van der Waals surface area contributed by atoms with Crippen LogP contribution in [0, 0.1) is 0 Å². The molecule has 0 spiro atoms. The van der Waals surface area contributed by atoms with E-state index >= 15 is 0 Å². The lowest BCUT2D eigenvalue weighted by molar-refractivity contribution is -0.109. The Morgan fingerprint density at radius 2 is 1.56 bits per heavy atom. The maximum atomic E-state index is 13.0. The molecule has 1 fully saturated rings. The number of urea groups is 1. The molecule has 0 bridgehead atoms. The number of hydrogen-bond acceptors (Lipinski definition) is 3. The Bertz CT molecular complexity index is 715. The van der Waals surface area contributed by atoms with Crippen molar-refractivity contribution in [3.63, 3.8) is 0 Å². The largest absolute Gasteiger partial charge is 0.332 e. The molecule has 1 N–H and O–H groups in total. The number of nitrogens with one attached hydrogen (secondary N) is 1. The Labute approximate surface area is 160 Å². The molecule has 1 heterocycles. The number of amides is 2. The monoisotopic (exact) mass is 365 g/mol. The number of carbonyl (C=O) groups is 2. The topological polar surface area (TPSA) is 52.7 Å². The lowest BCUT2D eigenvalue weighted by Crippen LogP contribution is -2.54. The summed E-state index contributed by atoms with van der Waals surface area (Å²) in [4.78, 5) is 24.6. The highest BCUT2D eigenvalue weighted by Crippen LogP contribution is 2.15. The van der Waals surface area contributed by atoms with Gasteiger partial charge in [-0.25, -0.2) is 9.80 Å². The van der Waals surface area contributed by atoms with Crippen molar-refractivity contribution in [2.75, 3.05) is 13.1 Å². The summed E-state index contributed by atoms with van der Waals surface area (Å²) in [5, 5.41) is 6.78. The summed E-state index contributed by atoms with van der Waals surface area (Å²) in [5.41, 5.74) is 2.10. The average Bonchev–Trinajstić information content (AvgIpc) is 2.73. The molecule has 0 aliphatic carbocycles. The highest BCUT2D eigenvalue weighted by molar-refractivity contribution is 5.78. The van der Waals surface area contributed by atoms with Gasteiger partial charge in [0.2, 0.25) is 0 Å². The van der Waals surface area contributed by atoms with Crippen LogP contribution in [0.5, 0.6) is 0 Å². The third kappa shape index (κ3) is 5.66. The van der Waals surface area contributed by atoms with Crippen LogP contribution in [0.1, 0.15) is 30.4 Å². The van der Waals surface area contributed by atoms with Crippen molar-refractivity contribution in [2.24, 2.45) is 0 Å². The van der Waals surface area contributed by atoms with Gasteiger partial charge in [0.25, 0.3) is 0 Å². The average molecular weight is 365 g/mol. The Hall–Kier alpha value is -2.66. The van der Waals surface area contributed by atoms with E-state index in [-0.39, 0.29) is 6.03 Å². The van der Waals surface area contributed by atoms with Crippen LogP contribution < -0.4 is 5.32 Å². The van der Waals surface area contributed by atoms with Gasteiger partial charge >= 0.3 is 6.03 Å². The summed E-state index contributed by atoms with van der Waals surface area (Å²) in [6.07, 6.45) is 4.68. The first kappa shape index (κ1) is 19.1. The fourth-order valence-corrected chi connectivity index (χ4v) is 3.41. The summed E-state index contributed by atoms with van der Waals surface area (Å²) in [7, 11) is 0. The number of aldehydes is 1. The normalized spacial score (nSPS) is 15.7. The van der Waals surface area contributed by atoms with Crippen molar-refractivity contribution >= 4 is 12.3 Å². The Balaban J connectivity index is 1.69. The molecule has 5 nitrogen and oxygen atoms in total. The maximum absolute atomic E-state index is 13.0. The van der Waals surface area contributed by atoms with Crippen molar-refractivity contribution in [1.82, 2.24) is 15.3 Å². The first-order valence-electron chi connectivity index (χ1n) is 9.62. The van der Waals surface area contributed by atoms with Gasteiger partial charge in [-0.3, -0.25) is 5.01 Å². The molecule has 142 valence electrons. The standard InChI is InChI=1S/C22H27N3O2/c26-18-21(16-19-10-4-1-5-11-19)23-22(27)25(24-14-8-3-9-15-24)17-20-12-6-2-7-13-20/h1-2,4-7,10-13,18,21H,3,8-9,14-17H2,(H,23,27)/t21-/m0/s1. The molecular formula is C22H27N3O2. The molecule has 27 heavy (non-hydrogen) atoms. The Morgan fingerprint density at radius 3 is 2.15 bits per heavy atom. The maximum Gasteiger partial charge on any atom is 0.332 e. The van der Waals surface area contributed by atoms with Crippen molar-refractivity contribution in [1.29, 1.82) is 0 Å². The van der Waals surface area contributed by atoms with Crippen LogP contribution in [0.15, 0.2) is 60.7 Å². The van der Waals surface area contributed by atoms with E-state index in [0.717, 1.165) is 43.3 Å². The molecule has 1 saturated heterocycles. The van der Waals surface area contributed by atoms with Crippen LogP contribution in [0.3, 0.4) is 0 Å². The van der Waals surface area contributed by atoms with Gasteiger partial charge in [0, 0.05) is 13.1 Å². The second kappa shape index (κ2) is 9.88. The molecule has 2 amide bonds. The van der Waals surface area contributed by atoms with Gasteiger partial charge < -0.3 is 10.1 Å². The van der Waals surface area contributed by atoms with Gasteiger partial charge in [-0.15, -0.1) is 0 Å². The molecule has 1 aliphatic heterocycles. The van der Waals surface area contributed by atoms with Crippen molar-refractivity contribution < 1.29 is 9.59 Å². The number of piperidine rings is 1. The van der Waals surface area contributed by atoms with Crippen molar-refractivity contribution in [2.45, 2.75) is 38.3 Å². The minimum Gasteiger partial charge on any atom is -0.327 e. The number of hydrogen-bond donors (Lipinski definition) is 1. The van der Waals surface area contributed by atoms with Crippen molar-refractivity contribution in [3.05, 3.63) is 71.8 Å². The first-order valence-corrected chi connectivity index (χ1v) is 9.62. The van der Waals surface area contributed by atoms with Crippen LogP contribution in [-0.2, 0) is 17.8 Å². The molecule has 0 saturated carbocycles. The van der Waals surface area contributed by atoms with Gasteiger partial charge in [0.05, 0.1) is 12.6 Å². The van der Waals surface area contributed by atoms with E-state index in [2.05, 4.69) is 10.3 Å². The third-order valence-electron chi connectivity index (χ3n) is 4.86. The molecule has 2 aromatic carbocycles. The van der Waals surface area contributed by atoms with E-state index < -0.39 is 6.04 Å². The molecule has 0 aromatic heterocycles. The molecule has 0 unspecified atom stereocenters. The zero-order valence-corrected chi connectivity index (χ0v) is 15.6. The van der Waals surface area contributed by atoms with Gasteiger partial charge in [-0.2, -0.15) is 0 Å². The summed E-state index contributed by atoms with van der Waals surface area (Å²) >= 11 is 0. The molecule has 1 aliphatic rings. The van der Waals surface area contributed by atoms with Crippen LogP contribution in [-0.4, -0.2) is 41.5 Å². The highest BCUT2D eigenvalue weighted by Gasteiger charge is 2.25. The predicted octanol–water partition coefficient (Wildman–Crippen LogP) is 3.41. The number of nitrogens with zero attached hydrogens (tertiary/aromatic N) is 2. The van der Waals surface area contributed by atoms with Crippen LogP contribution in [0.4, 0.5) is 4.79 Å². The SMILES string of the molecule is O=C[C@H](Cc1ccccc1)NC(=O)N(Cc1ccccc1)N1CCCCC1. The molecule has 1 atom stereocenters. The molecule has 3 rings (SSSR count). The second-order valence-electron chi connectivity index (χ2n) is 6.94. The van der Waals surface area contributed by atoms with E-state index in [9.17, 15) is 9.59 Å². The van der Waals surface area contributed by atoms with Crippen molar-refractivity contribution in [3.8, 4) is 0 Å². The molecular weight excluding hydrogens is 338 g/mol. The van der Waals surface area contributed by atoms with E-state index in [0.29, 0.717) is 13.0 Å². The smallest absolute Gasteiger partial charge is 0.327 e. The lowest BCUT2D eigenvalue weighted by Gasteiger charge is -2.37. The van der Waals surface area contributed by atoms with E-state index in [1.54, 1.807) is 5.01 Å². The highest BCUT2D eigenvalue weighted by atomic mass is 16.2. The molecule has 0 radical (unpaired) electrons. The quantitative estimate of drug-likeness (QED) is 0.765. The third-order valence-corrected chi connectivity index (χ3v) is 4.86.